The van der Waals surface area contributed by atoms with E-state index >= 15 is 0 Å². The first-order chi connectivity index (χ1) is 15.3. The number of thiophene rings is 1. The lowest BCUT2D eigenvalue weighted by atomic mass is 9.76. The fourth-order valence-corrected chi connectivity index (χ4v) is 6.38. The maximum atomic E-state index is 12.2. The van der Waals surface area contributed by atoms with Crippen molar-refractivity contribution in [3.63, 3.8) is 0 Å². The van der Waals surface area contributed by atoms with E-state index in [1.54, 1.807) is 17.5 Å². The van der Waals surface area contributed by atoms with Gasteiger partial charge in [0.2, 0.25) is 10.0 Å². The van der Waals surface area contributed by atoms with Gasteiger partial charge in [0.25, 0.3) is 0 Å². The summed E-state index contributed by atoms with van der Waals surface area (Å²) in [6, 6.07) is 15.0. The summed E-state index contributed by atoms with van der Waals surface area (Å²) in [6.07, 6.45) is 2.61. The molecule has 1 aliphatic carbocycles. The summed E-state index contributed by atoms with van der Waals surface area (Å²) >= 11 is 13.4. The number of fused-ring (bicyclic) bond motifs is 1. The Kier molecular flexibility index (Phi) is 7.44. The minimum absolute atomic E-state index is 0.0322. The molecule has 0 amide bonds. The molecular weight excluding hydrogens is 487 g/mol. The van der Waals surface area contributed by atoms with Crippen LogP contribution in [0.3, 0.4) is 0 Å². The maximum absolute atomic E-state index is 12.2. The highest BCUT2D eigenvalue weighted by Crippen LogP contribution is 2.36. The van der Waals surface area contributed by atoms with Gasteiger partial charge in [0, 0.05) is 18.5 Å². The number of hydrogen-bond donors (Lipinski definition) is 2. The molecule has 0 spiro atoms. The Bertz CT molecular complexity index is 1180. The lowest BCUT2D eigenvalue weighted by Crippen LogP contribution is -2.34. The number of nitrogens with one attached hydrogen (secondary N) is 1. The number of aryl methyl sites for hydroxylation is 1. The van der Waals surface area contributed by atoms with Gasteiger partial charge in [-0.3, -0.25) is 0 Å². The molecule has 1 heterocycles. The van der Waals surface area contributed by atoms with Crippen LogP contribution in [0.25, 0.3) is 0 Å². The molecule has 2 atom stereocenters. The smallest absolute Gasteiger partial charge is 0.250 e. The van der Waals surface area contributed by atoms with Gasteiger partial charge in [0.15, 0.2) is 0 Å². The number of benzene rings is 2. The fraction of sp³-hybridized carbons (Fsp3) is 0.304. The van der Waals surface area contributed by atoms with Gasteiger partial charge in [-0.2, -0.15) is 0 Å². The van der Waals surface area contributed by atoms with Gasteiger partial charge in [0.05, 0.1) is 10.0 Å². The summed E-state index contributed by atoms with van der Waals surface area (Å²) in [7, 11) is -3.49. The largest absolute Gasteiger partial charge is 0.492 e. The highest BCUT2D eigenvalue weighted by atomic mass is 35.5. The zero-order valence-electron chi connectivity index (χ0n) is 17.3. The Morgan fingerprint density at radius 3 is 2.72 bits per heavy atom. The third-order valence-corrected chi connectivity index (χ3v) is 9.24. The van der Waals surface area contributed by atoms with Crippen molar-refractivity contribution in [2.45, 2.75) is 35.4 Å². The van der Waals surface area contributed by atoms with Crippen LogP contribution in [0.4, 0.5) is 0 Å². The van der Waals surface area contributed by atoms with E-state index in [1.807, 2.05) is 30.3 Å². The van der Waals surface area contributed by atoms with E-state index in [0.29, 0.717) is 20.0 Å². The monoisotopic (exact) mass is 510 g/mol. The molecule has 0 radical (unpaired) electrons. The number of rotatable bonds is 8. The first-order valence-electron chi connectivity index (χ1n) is 10.3. The molecule has 9 heteroatoms. The van der Waals surface area contributed by atoms with Gasteiger partial charge >= 0.3 is 0 Å². The van der Waals surface area contributed by atoms with Crippen molar-refractivity contribution in [3.8, 4) is 5.75 Å². The molecule has 1 aromatic heterocycles. The fourth-order valence-electron chi connectivity index (χ4n) is 4.00. The summed E-state index contributed by atoms with van der Waals surface area (Å²) < 4.78 is 33.1. The maximum Gasteiger partial charge on any atom is 0.250 e. The minimum Gasteiger partial charge on any atom is -0.492 e. The first kappa shape index (κ1) is 23.5. The molecule has 0 saturated carbocycles. The molecule has 0 bridgehead atoms. The van der Waals surface area contributed by atoms with E-state index in [-0.39, 0.29) is 25.1 Å². The number of nitrogens with two attached hydrogens (primary N) is 1. The molecule has 0 saturated heterocycles. The second kappa shape index (κ2) is 10.1. The van der Waals surface area contributed by atoms with Crippen molar-refractivity contribution in [3.05, 3.63) is 80.6 Å². The highest BCUT2D eigenvalue weighted by Gasteiger charge is 2.28. The van der Waals surface area contributed by atoms with Crippen LogP contribution in [0.15, 0.2) is 58.1 Å². The SMILES string of the molecule is N[C@H]1CCc2ccc(OCCNS(=O)(=O)c3cccs3)cc2[C@H]1Cc1ccc(Cl)c(Cl)c1. The lowest BCUT2D eigenvalue weighted by Gasteiger charge is -2.32. The van der Waals surface area contributed by atoms with Crippen LogP contribution in [-0.4, -0.2) is 27.6 Å². The van der Waals surface area contributed by atoms with Gasteiger partial charge < -0.3 is 10.5 Å². The molecule has 5 nitrogen and oxygen atoms in total. The Morgan fingerprint density at radius 2 is 1.97 bits per heavy atom. The van der Waals surface area contributed by atoms with Crippen LogP contribution < -0.4 is 15.2 Å². The molecule has 1 aliphatic rings. The average Bonchev–Trinajstić information content (AvgIpc) is 3.32. The van der Waals surface area contributed by atoms with E-state index < -0.39 is 10.0 Å². The van der Waals surface area contributed by atoms with Gasteiger partial charge in [-0.1, -0.05) is 41.4 Å². The predicted octanol–water partition coefficient (Wildman–Crippen LogP) is 5.01. The summed E-state index contributed by atoms with van der Waals surface area (Å²) in [6.45, 7) is 0.413. The third-order valence-electron chi connectivity index (χ3n) is 5.64. The van der Waals surface area contributed by atoms with E-state index in [4.69, 9.17) is 33.7 Å². The van der Waals surface area contributed by atoms with Crippen LogP contribution in [0.5, 0.6) is 5.75 Å². The van der Waals surface area contributed by atoms with Gasteiger partial charge in [-0.25, -0.2) is 13.1 Å². The molecular formula is C23H24Cl2N2O3S2. The Hall–Kier alpha value is -1.61. The first-order valence-corrected chi connectivity index (χ1v) is 13.4. The normalized spacial score (nSPS) is 18.3. The van der Waals surface area contributed by atoms with Crippen molar-refractivity contribution in [1.29, 1.82) is 0 Å². The van der Waals surface area contributed by atoms with Crippen LogP contribution in [0.2, 0.25) is 10.0 Å². The van der Waals surface area contributed by atoms with Crippen molar-refractivity contribution < 1.29 is 13.2 Å². The molecule has 3 N–H and O–H groups in total. The Labute approximate surface area is 202 Å². The summed E-state index contributed by atoms with van der Waals surface area (Å²) in [5.41, 5.74) is 10.0. The minimum atomic E-state index is -3.49. The summed E-state index contributed by atoms with van der Waals surface area (Å²) in [4.78, 5) is 0. The zero-order chi connectivity index (χ0) is 22.7. The summed E-state index contributed by atoms with van der Waals surface area (Å²) in [5.74, 6) is 0.837. The second-order valence-electron chi connectivity index (χ2n) is 7.80. The summed E-state index contributed by atoms with van der Waals surface area (Å²) in [5, 5.41) is 2.81. The lowest BCUT2D eigenvalue weighted by molar-refractivity contribution is 0.321. The van der Waals surface area contributed by atoms with Crippen molar-refractivity contribution in [2.24, 2.45) is 5.73 Å². The number of sulfonamides is 1. The quantitative estimate of drug-likeness (QED) is 0.417. The Morgan fingerprint density at radius 1 is 1.12 bits per heavy atom. The number of hydrogen-bond acceptors (Lipinski definition) is 5. The third kappa shape index (κ3) is 5.47. The van der Waals surface area contributed by atoms with Gasteiger partial charge in [-0.15, -0.1) is 11.3 Å². The van der Waals surface area contributed by atoms with E-state index in [0.717, 1.165) is 24.8 Å². The van der Waals surface area contributed by atoms with Crippen molar-refractivity contribution in [2.75, 3.05) is 13.2 Å². The van der Waals surface area contributed by atoms with Crippen LogP contribution in [0, 0.1) is 0 Å². The van der Waals surface area contributed by atoms with E-state index in [2.05, 4.69) is 10.8 Å². The molecule has 4 rings (SSSR count). The molecule has 0 unspecified atom stereocenters. The van der Waals surface area contributed by atoms with Crippen molar-refractivity contribution >= 4 is 44.6 Å². The average molecular weight is 511 g/mol. The number of ether oxygens (including phenoxy) is 1. The molecule has 0 aliphatic heterocycles. The van der Waals surface area contributed by atoms with Crippen LogP contribution >= 0.6 is 34.5 Å². The second-order valence-corrected chi connectivity index (χ2v) is 11.6. The molecule has 170 valence electrons. The molecule has 3 aromatic rings. The molecule has 32 heavy (non-hydrogen) atoms. The van der Waals surface area contributed by atoms with Gasteiger partial charge in [0.1, 0.15) is 16.6 Å². The number of halogens is 2. The Balaban J connectivity index is 1.43. The molecule has 0 fully saturated rings. The van der Waals surface area contributed by atoms with Crippen LogP contribution in [-0.2, 0) is 22.9 Å². The zero-order valence-corrected chi connectivity index (χ0v) is 20.4. The predicted molar refractivity (Wildman–Crippen MR) is 131 cm³/mol. The van der Waals surface area contributed by atoms with Crippen LogP contribution in [0.1, 0.15) is 29.0 Å². The molecule has 2 aromatic carbocycles. The standard InChI is InChI=1S/C23H24Cl2N2O3S2/c24-20-7-3-15(13-21(20)25)12-19-18-14-17(6-4-16(18)5-8-22(19)26)30-10-9-27-32(28,29)23-2-1-11-31-23/h1-4,6-7,11,13-14,19,22,27H,5,8-10,12,26H2/t19-,22+/m1/s1. The highest BCUT2D eigenvalue weighted by molar-refractivity contribution is 7.91. The van der Waals surface area contributed by atoms with Gasteiger partial charge in [-0.05, 0) is 71.7 Å². The van der Waals surface area contributed by atoms with E-state index in [1.165, 1.54) is 22.5 Å². The van der Waals surface area contributed by atoms with Crippen molar-refractivity contribution in [1.82, 2.24) is 4.72 Å². The topological polar surface area (TPSA) is 81.4 Å². The van der Waals surface area contributed by atoms with E-state index in [9.17, 15) is 8.42 Å².